The van der Waals surface area contributed by atoms with Crippen LogP contribution in [0.5, 0.6) is 0 Å². The van der Waals surface area contributed by atoms with E-state index in [-0.39, 0.29) is 16.7 Å². The Morgan fingerprint density at radius 3 is 2.03 bits per heavy atom. The Labute approximate surface area is 173 Å². The number of nitrogens with zero attached hydrogens (tertiary/aromatic N) is 1. The Bertz CT molecular complexity index is 994. The molecule has 7 heteroatoms. The molecule has 1 heterocycles. The Kier molecular flexibility index (Phi) is 6.30. The number of rotatable bonds is 5. The van der Waals surface area contributed by atoms with Gasteiger partial charge in [0.15, 0.2) is 0 Å². The summed E-state index contributed by atoms with van der Waals surface area (Å²) in [6.07, 6.45) is 2.96. The predicted octanol–water partition coefficient (Wildman–Crippen LogP) is 3.99. The first kappa shape index (κ1) is 21.2. The zero-order valence-corrected chi connectivity index (χ0v) is 16.8. The number of benzene rings is 2. The third-order valence-electron chi connectivity index (χ3n) is 4.83. The maximum absolute atomic E-state index is 14.6. The van der Waals surface area contributed by atoms with E-state index in [1.165, 1.54) is 26.6 Å². The summed E-state index contributed by atoms with van der Waals surface area (Å²) in [6.45, 7) is 2.31. The van der Waals surface area contributed by atoms with Gasteiger partial charge in [-0.2, -0.15) is 0 Å². The topological polar surface area (TPSA) is 55.8 Å². The molecule has 2 aromatic carbocycles. The highest BCUT2D eigenvalue weighted by Gasteiger charge is 2.37. The summed E-state index contributed by atoms with van der Waals surface area (Å²) in [5.41, 5.74) is 1.86. The van der Waals surface area contributed by atoms with Gasteiger partial charge in [0.05, 0.1) is 31.3 Å². The second-order valence-corrected chi connectivity index (χ2v) is 6.91. The summed E-state index contributed by atoms with van der Waals surface area (Å²) >= 11 is 0. The number of ether oxygens (including phenoxy) is 2. The first-order valence-electron chi connectivity index (χ1n) is 9.20. The third kappa shape index (κ3) is 4.40. The summed E-state index contributed by atoms with van der Waals surface area (Å²) in [4.78, 5) is 26.7. The summed E-state index contributed by atoms with van der Waals surface area (Å²) in [5.74, 6) is -4.13. The molecule has 5 nitrogen and oxygen atoms in total. The molecule has 156 valence electrons. The van der Waals surface area contributed by atoms with Gasteiger partial charge >= 0.3 is 11.9 Å². The first-order chi connectivity index (χ1) is 14.3. The zero-order chi connectivity index (χ0) is 21.8. The summed E-state index contributed by atoms with van der Waals surface area (Å²) in [5, 5.41) is 0. The normalized spacial score (nSPS) is 14.1. The molecule has 0 amide bonds. The number of hydrogen-bond acceptors (Lipinski definition) is 5. The molecule has 0 aliphatic carbocycles. The van der Waals surface area contributed by atoms with E-state index in [2.05, 4.69) is 0 Å². The van der Waals surface area contributed by atoms with Crippen molar-refractivity contribution in [1.82, 2.24) is 4.90 Å². The quantitative estimate of drug-likeness (QED) is 0.694. The minimum atomic E-state index is -1.17. The predicted molar refractivity (Wildman–Crippen MR) is 106 cm³/mol. The molecular formula is C23H21F2NO4. The molecule has 30 heavy (non-hydrogen) atoms. The summed E-state index contributed by atoms with van der Waals surface area (Å²) in [7, 11) is 2.37. The van der Waals surface area contributed by atoms with Gasteiger partial charge in [-0.25, -0.2) is 18.4 Å². The van der Waals surface area contributed by atoms with Crippen molar-refractivity contribution in [2.75, 3.05) is 14.2 Å². The summed E-state index contributed by atoms with van der Waals surface area (Å²) < 4.78 is 38.2. The molecule has 0 bridgehead atoms. The van der Waals surface area contributed by atoms with E-state index in [1.54, 1.807) is 4.90 Å². The molecule has 0 saturated carbocycles. The lowest BCUT2D eigenvalue weighted by Gasteiger charge is -2.30. The molecule has 2 aromatic rings. The van der Waals surface area contributed by atoms with Gasteiger partial charge in [0, 0.05) is 24.5 Å². The fraction of sp³-hybridized carbons (Fsp3) is 0.217. The lowest BCUT2D eigenvalue weighted by Crippen LogP contribution is -2.29. The average Bonchev–Trinajstić information content (AvgIpc) is 2.75. The van der Waals surface area contributed by atoms with Gasteiger partial charge in [-0.3, -0.25) is 0 Å². The second-order valence-electron chi connectivity index (χ2n) is 6.91. The van der Waals surface area contributed by atoms with Crippen molar-refractivity contribution in [3.05, 3.63) is 94.3 Å². The van der Waals surface area contributed by atoms with E-state index < -0.39 is 29.5 Å². The molecule has 3 rings (SSSR count). The first-order valence-corrected chi connectivity index (χ1v) is 9.20. The molecular weight excluding hydrogens is 392 g/mol. The van der Waals surface area contributed by atoms with Crippen molar-refractivity contribution in [2.24, 2.45) is 0 Å². The molecule has 0 spiro atoms. The van der Waals surface area contributed by atoms with Crippen molar-refractivity contribution < 1.29 is 27.8 Å². The van der Waals surface area contributed by atoms with E-state index in [9.17, 15) is 18.4 Å². The van der Waals surface area contributed by atoms with Crippen LogP contribution in [0.4, 0.5) is 8.78 Å². The number of halogens is 2. The van der Waals surface area contributed by atoms with Gasteiger partial charge < -0.3 is 14.4 Å². The van der Waals surface area contributed by atoms with Crippen molar-refractivity contribution >= 4 is 11.9 Å². The van der Waals surface area contributed by atoms with Gasteiger partial charge in [0.1, 0.15) is 11.6 Å². The van der Waals surface area contributed by atoms with Crippen LogP contribution in [-0.4, -0.2) is 31.1 Å². The van der Waals surface area contributed by atoms with E-state index >= 15 is 0 Å². The third-order valence-corrected chi connectivity index (χ3v) is 4.83. The zero-order valence-electron chi connectivity index (χ0n) is 16.8. The Hall–Kier alpha value is -3.48. The van der Waals surface area contributed by atoms with Crippen molar-refractivity contribution in [3.63, 3.8) is 0 Å². The number of carbonyl (C=O) groups excluding carboxylic acids is 2. The van der Waals surface area contributed by atoms with Crippen LogP contribution >= 0.6 is 0 Å². The minimum absolute atomic E-state index is 0.00277. The van der Waals surface area contributed by atoms with Gasteiger partial charge in [-0.1, -0.05) is 29.8 Å². The molecule has 0 N–H and O–H groups in total. The van der Waals surface area contributed by atoms with E-state index in [0.717, 1.165) is 29.3 Å². The SMILES string of the molecule is COC(=O)C1=CN(Cc2ccc(C)cc2)C=C(C(=O)OC)C1c1cc(F)ccc1F. The maximum Gasteiger partial charge on any atom is 0.336 e. The van der Waals surface area contributed by atoms with Crippen LogP contribution < -0.4 is 0 Å². The summed E-state index contributed by atoms with van der Waals surface area (Å²) in [6, 6.07) is 10.6. The molecule has 0 fully saturated rings. The fourth-order valence-electron chi connectivity index (χ4n) is 3.35. The number of aryl methyl sites for hydroxylation is 1. The van der Waals surface area contributed by atoms with E-state index in [4.69, 9.17) is 9.47 Å². The van der Waals surface area contributed by atoms with Crippen LogP contribution in [-0.2, 0) is 25.6 Å². The number of esters is 2. The number of hydrogen-bond donors (Lipinski definition) is 0. The van der Waals surface area contributed by atoms with Gasteiger partial charge in [0.2, 0.25) is 0 Å². The van der Waals surface area contributed by atoms with Crippen LogP contribution in [0, 0.1) is 18.6 Å². The lowest BCUT2D eigenvalue weighted by molar-refractivity contribution is -0.137. The highest BCUT2D eigenvalue weighted by Crippen LogP contribution is 2.38. The highest BCUT2D eigenvalue weighted by atomic mass is 19.1. The molecule has 0 unspecified atom stereocenters. The minimum Gasteiger partial charge on any atom is -0.466 e. The standard InChI is InChI=1S/C23H21F2NO4/c1-14-4-6-15(7-5-14)11-26-12-18(22(27)29-2)21(19(13-26)23(28)30-3)17-10-16(24)8-9-20(17)25/h4-10,12-13,21H,11H2,1-3H3. The Morgan fingerprint density at radius 1 is 0.933 bits per heavy atom. The van der Waals surface area contributed by atoms with Crippen LogP contribution in [0.25, 0.3) is 0 Å². The number of carbonyl (C=O) groups is 2. The lowest BCUT2D eigenvalue weighted by atomic mass is 9.83. The van der Waals surface area contributed by atoms with Crippen molar-refractivity contribution in [1.29, 1.82) is 0 Å². The fourth-order valence-corrected chi connectivity index (χ4v) is 3.35. The molecule has 0 aromatic heterocycles. The average molecular weight is 413 g/mol. The van der Waals surface area contributed by atoms with Crippen LogP contribution in [0.1, 0.15) is 22.6 Å². The van der Waals surface area contributed by atoms with Crippen LogP contribution in [0.3, 0.4) is 0 Å². The molecule has 1 aliphatic rings. The Morgan fingerprint density at radius 2 is 1.50 bits per heavy atom. The Balaban J connectivity index is 2.11. The van der Waals surface area contributed by atoms with E-state index in [0.29, 0.717) is 6.54 Å². The van der Waals surface area contributed by atoms with Gasteiger partial charge in [-0.05, 0) is 30.7 Å². The molecule has 1 aliphatic heterocycles. The van der Waals surface area contributed by atoms with Crippen molar-refractivity contribution in [2.45, 2.75) is 19.4 Å². The highest BCUT2D eigenvalue weighted by molar-refractivity contribution is 5.98. The smallest absolute Gasteiger partial charge is 0.336 e. The molecule has 0 radical (unpaired) electrons. The van der Waals surface area contributed by atoms with Gasteiger partial charge in [0.25, 0.3) is 0 Å². The van der Waals surface area contributed by atoms with Crippen LogP contribution in [0.2, 0.25) is 0 Å². The molecule has 0 saturated heterocycles. The van der Waals surface area contributed by atoms with Crippen molar-refractivity contribution in [3.8, 4) is 0 Å². The van der Waals surface area contributed by atoms with Crippen LogP contribution in [0.15, 0.2) is 66.0 Å². The largest absolute Gasteiger partial charge is 0.466 e. The monoisotopic (exact) mass is 413 g/mol. The second kappa shape index (κ2) is 8.90. The number of methoxy groups -OCH3 is 2. The van der Waals surface area contributed by atoms with E-state index in [1.807, 2.05) is 31.2 Å². The molecule has 0 atom stereocenters. The van der Waals surface area contributed by atoms with Gasteiger partial charge in [-0.15, -0.1) is 0 Å². The maximum atomic E-state index is 14.6.